The van der Waals surface area contributed by atoms with Crippen LogP contribution in [0.25, 0.3) is 49.7 Å². The number of para-hydroxylation sites is 1. The van der Waals surface area contributed by atoms with Crippen LogP contribution in [-0.2, 0) is 0 Å². The van der Waals surface area contributed by atoms with Crippen LogP contribution in [0.5, 0.6) is 0 Å². The van der Waals surface area contributed by atoms with Crippen molar-refractivity contribution in [1.29, 1.82) is 0 Å². The van der Waals surface area contributed by atoms with Crippen molar-refractivity contribution in [3.8, 4) is 16.9 Å². The molecule has 0 unspecified atom stereocenters. The van der Waals surface area contributed by atoms with Gasteiger partial charge in [-0.15, -0.1) is 0 Å². The highest BCUT2D eigenvalue weighted by atomic mass is 14.9. The van der Waals surface area contributed by atoms with Gasteiger partial charge in [0, 0.05) is 46.9 Å². The minimum atomic E-state index is 0.886. The van der Waals surface area contributed by atoms with E-state index in [9.17, 15) is 0 Å². The number of rotatable bonds is 2. The molecule has 140 valence electrons. The first kappa shape index (κ1) is 16.7. The normalized spacial score (nSPS) is 11.3. The number of fused-ring (bicyclic) bond motifs is 3. The molecule has 0 bridgehead atoms. The molecule has 30 heavy (non-hydrogen) atoms. The predicted molar refractivity (Wildman–Crippen MR) is 119 cm³/mol. The molecule has 4 heteroatoms. The number of aromatic nitrogens is 4. The maximum Gasteiger partial charge on any atom is 0.212 e. The minimum Gasteiger partial charge on any atom is -0.253 e. The van der Waals surface area contributed by atoms with Crippen molar-refractivity contribution >= 4 is 32.7 Å². The Morgan fingerprint density at radius 3 is 2.43 bits per heavy atom. The number of pyridine rings is 2. The topological polar surface area (TPSA) is 42.5 Å². The minimum absolute atomic E-state index is 0.886. The summed E-state index contributed by atoms with van der Waals surface area (Å²) in [5.41, 5.74) is 5.93. The van der Waals surface area contributed by atoms with Crippen molar-refractivity contribution in [2.24, 2.45) is 0 Å². The average Bonchev–Trinajstić information content (AvgIpc) is 2.82. The number of hydrogen-bond acceptors (Lipinski definition) is 3. The van der Waals surface area contributed by atoms with Gasteiger partial charge in [0.15, 0.2) is 12.4 Å². The molecule has 3 heterocycles. The van der Waals surface area contributed by atoms with E-state index in [0.717, 1.165) is 44.3 Å². The van der Waals surface area contributed by atoms with Crippen LogP contribution in [-0.4, -0.2) is 15.0 Å². The number of nitrogens with zero attached hydrogens (tertiary/aromatic N) is 4. The quantitative estimate of drug-likeness (QED) is 0.381. The summed E-state index contributed by atoms with van der Waals surface area (Å²) in [5.74, 6) is 0. The third-order valence-electron chi connectivity index (χ3n) is 5.42. The zero-order valence-electron chi connectivity index (χ0n) is 16.1. The van der Waals surface area contributed by atoms with Gasteiger partial charge in [-0.25, -0.2) is 4.98 Å². The highest BCUT2D eigenvalue weighted by Crippen LogP contribution is 2.24. The lowest BCUT2D eigenvalue weighted by molar-refractivity contribution is -0.594. The van der Waals surface area contributed by atoms with E-state index in [1.807, 2.05) is 18.2 Å². The summed E-state index contributed by atoms with van der Waals surface area (Å²) in [6.45, 7) is 0. The molecule has 0 aliphatic heterocycles. The highest BCUT2D eigenvalue weighted by Gasteiger charge is 2.10. The molecule has 0 aliphatic carbocycles. The lowest BCUT2D eigenvalue weighted by Gasteiger charge is -2.05. The summed E-state index contributed by atoms with van der Waals surface area (Å²) < 4.78 is 2.12. The van der Waals surface area contributed by atoms with Crippen LogP contribution in [0.15, 0.2) is 104 Å². The van der Waals surface area contributed by atoms with Crippen molar-refractivity contribution in [2.75, 3.05) is 0 Å². The van der Waals surface area contributed by atoms with E-state index in [-0.39, 0.29) is 0 Å². The maximum absolute atomic E-state index is 4.85. The van der Waals surface area contributed by atoms with Crippen molar-refractivity contribution < 1.29 is 4.57 Å². The van der Waals surface area contributed by atoms with Gasteiger partial charge >= 0.3 is 0 Å². The Hall–Kier alpha value is -4.18. The third kappa shape index (κ3) is 2.86. The van der Waals surface area contributed by atoms with Gasteiger partial charge in [0.05, 0.1) is 22.2 Å². The van der Waals surface area contributed by atoms with Crippen molar-refractivity contribution in [3.63, 3.8) is 0 Å². The van der Waals surface area contributed by atoms with Crippen LogP contribution < -0.4 is 4.57 Å². The second kappa shape index (κ2) is 6.71. The molecule has 0 atom stereocenters. The van der Waals surface area contributed by atoms with Gasteiger partial charge in [0.2, 0.25) is 5.69 Å². The summed E-state index contributed by atoms with van der Waals surface area (Å²) in [6.07, 6.45) is 7.67. The second-order valence-electron chi connectivity index (χ2n) is 7.31. The van der Waals surface area contributed by atoms with Gasteiger partial charge in [0.25, 0.3) is 0 Å². The first-order valence-corrected chi connectivity index (χ1v) is 9.86. The Bertz CT molecular complexity index is 1440. The zero-order valence-corrected chi connectivity index (χ0v) is 16.1. The third-order valence-corrected chi connectivity index (χ3v) is 5.42. The maximum atomic E-state index is 4.85. The first-order valence-electron chi connectivity index (χ1n) is 9.86. The fraction of sp³-hybridized carbons (Fsp3) is 0. The van der Waals surface area contributed by atoms with E-state index in [2.05, 4.69) is 87.6 Å². The Morgan fingerprint density at radius 1 is 0.600 bits per heavy atom. The van der Waals surface area contributed by atoms with Gasteiger partial charge in [-0.2, -0.15) is 4.57 Å². The van der Waals surface area contributed by atoms with E-state index in [1.54, 1.807) is 12.4 Å². The van der Waals surface area contributed by atoms with Crippen LogP contribution in [0.2, 0.25) is 0 Å². The molecule has 3 aromatic heterocycles. The molecule has 0 radical (unpaired) electrons. The lowest BCUT2D eigenvalue weighted by Crippen LogP contribution is -2.29. The molecular weight excluding hydrogens is 368 g/mol. The molecule has 0 saturated heterocycles. The Balaban J connectivity index is 1.46. The van der Waals surface area contributed by atoms with Crippen molar-refractivity contribution in [1.82, 2.24) is 15.0 Å². The van der Waals surface area contributed by atoms with Crippen molar-refractivity contribution in [3.05, 3.63) is 104 Å². The van der Waals surface area contributed by atoms with Gasteiger partial charge in [0.1, 0.15) is 0 Å². The molecule has 4 nitrogen and oxygen atoms in total. The molecule has 6 aromatic rings. The smallest absolute Gasteiger partial charge is 0.212 e. The van der Waals surface area contributed by atoms with E-state index < -0.39 is 0 Å². The molecule has 0 saturated carbocycles. The monoisotopic (exact) mass is 385 g/mol. The van der Waals surface area contributed by atoms with Crippen LogP contribution in [0, 0.1) is 0 Å². The summed E-state index contributed by atoms with van der Waals surface area (Å²) in [6, 6.07) is 27.2. The van der Waals surface area contributed by atoms with Crippen LogP contribution in [0.4, 0.5) is 0 Å². The Labute approximate surface area is 173 Å². The predicted octanol–water partition coefficient (Wildman–Crippen LogP) is 5.27. The van der Waals surface area contributed by atoms with Crippen LogP contribution in [0.3, 0.4) is 0 Å². The standard InChI is InChI=1S/C26H17N4/c1-2-4-23-19(3-1)7-9-24(29-23)20-6-5-18-11-14-30(17-21(18)15-20)22-8-10-25-26(16-22)28-13-12-27-25/h1-17H/q+1. The molecule has 0 N–H and O–H groups in total. The molecule has 0 fully saturated rings. The van der Waals surface area contributed by atoms with Crippen molar-refractivity contribution in [2.45, 2.75) is 0 Å². The molecule has 0 aliphatic rings. The van der Waals surface area contributed by atoms with E-state index >= 15 is 0 Å². The van der Waals surface area contributed by atoms with Gasteiger partial charge in [-0.3, -0.25) is 9.97 Å². The van der Waals surface area contributed by atoms with Crippen LogP contribution in [0.1, 0.15) is 0 Å². The first-order chi connectivity index (χ1) is 14.8. The summed E-state index contributed by atoms with van der Waals surface area (Å²) in [5, 5.41) is 3.50. The molecular formula is C26H17N4+. The average molecular weight is 385 g/mol. The Morgan fingerprint density at radius 2 is 1.47 bits per heavy atom. The van der Waals surface area contributed by atoms with E-state index in [4.69, 9.17) is 4.98 Å². The fourth-order valence-electron chi connectivity index (χ4n) is 3.85. The molecule has 0 amide bonds. The number of benzene rings is 3. The summed E-state index contributed by atoms with van der Waals surface area (Å²) in [7, 11) is 0. The van der Waals surface area contributed by atoms with Gasteiger partial charge in [-0.1, -0.05) is 36.4 Å². The van der Waals surface area contributed by atoms with Crippen LogP contribution >= 0.6 is 0 Å². The second-order valence-corrected chi connectivity index (χ2v) is 7.31. The highest BCUT2D eigenvalue weighted by molar-refractivity contribution is 5.87. The SMILES string of the molecule is c1ccc2nc(-c3ccc4cc[n+](-c5ccc6nccnc6c5)cc4c3)ccc2c1. The molecule has 6 rings (SSSR count). The molecule has 3 aromatic carbocycles. The number of hydrogen-bond donors (Lipinski definition) is 0. The molecule has 0 spiro atoms. The zero-order chi connectivity index (χ0) is 19.9. The fourth-order valence-corrected chi connectivity index (χ4v) is 3.85. The summed E-state index contributed by atoms with van der Waals surface area (Å²) >= 11 is 0. The van der Waals surface area contributed by atoms with E-state index in [0.29, 0.717) is 0 Å². The van der Waals surface area contributed by atoms with Gasteiger partial charge in [-0.05, 0) is 29.7 Å². The lowest BCUT2D eigenvalue weighted by atomic mass is 10.1. The summed E-state index contributed by atoms with van der Waals surface area (Å²) in [4.78, 5) is 13.6. The largest absolute Gasteiger partial charge is 0.253 e. The Kier molecular flexibility index (Phi) is 3.74. The van der Waals surface area contributed by atoms with Gasteiger partial charge < -0.3 is 0 Å². The van der Waals surface area contributed by atoms with E-state index in [1.165, 1.54) is 5.39 Å².